The fraction of sp³-hybridized carbons (Fsp3) is 0.500. The summed E-state index contributed by atoms with van der Waals surface area (Å²) in [5, 5.41) is 0. The van der Waals surface area contributed by atoms with Crippen LogP contribution in [0.3, 0.4) is 0 Å². The first-order valence-corrected chi connectivity index (χ1v) is 3.72. The first-order valence-electron chi connectivity index (χ1n) is 3.72. The third-order valence-corrected chi connectivity index (χ3v) is 1.66. The highest BCUT2D eigenvalue weighted by Crippen LogP contribution is 2.08. The Morgan fingerprint density at radius 2 is 2.18 bits per heavy atom. The van der Waals surface area contributed by atoms with Gasteiger partial charge in [-0.3, -0.25) is 9.97 Å². The van der Waals surface area contributed by atoms with Crippen LogP contribution >= 0.6 is 0 Å². The molecule has 0 fully saturated rings. The Kier molecular flexibility index (Phi) is 2.54. The van der Waals surface area contributed by atoms with Gasteiger partial charge in [0.25, 0.3) is 0 Å². The zero-order valence-electron chi connectivity index (χ0n) is 6.91. The number of nitrogens with zero attached hydrogens (tertiary/aromatic N) is 2. The molecule has 1 unspecified atom stereocenters. The van der Waals surface area contributed by atoms with Crippen LogP contribution < -0.4 is 5.73 Å². The molecule has 0 aromatic carbocycles. The van der Waals surface area contributed by atoms with E-state index in [0.29, 0.717) is 12.5 Å². The number of aromatic nitrogens is 2. The van der Waals surface area contributed by atoms with Crippen molar-refractivity contribution in [1.29, 1.82) is 0 Å². The zero-order chi connectivity index (χ0) is 8.27. The van der Waals surface area contributed by atoms with Gasteiger partial charge in [0.2, 0.25) is 0 Å². The van der Waals surface area contributed by atoms with E-state index in [9.17, 15) is 0 Å². The van der Waals surface area contributed by atoms with Gasteiger partial charge in [-0.2, -0.15) is 0 Å². The molecule has 0 aliphatic carbocycles. The number of rotatable bonds is 2. The number of nitrogens with two attached hydrogens (primary N) is 1. The van der Waals surface area contributed by atoms with Crippen LogP contribution in [0.2, 0.25) is 0 Å². The minimum atomic E-state index is 0.308. The van der Waals surface area contributed by atoms with Gasteiger partial charge in [-0.25, -0.2) is 0 Å². The molecule has 3 heteroatoms. The maximum absolute atomic E-state index is 5.47. The van der Waals surface area contributed by atoms with Crippen LogP contribution in [0.1, 0.15) is 24.2 Å². The molecule has 0 bridgehead atoms. The average molecular weight is 151 g/mol. The van der Waals surface area contributed by atoms with Gasteiger partial charge in [-0.1, -0.05) is 6.92 Å². The van der Waals surface area contributed by atoms with Crippen LogP contribution in [-0.2, 0) is 0 Å². The number of hydrogen-bond donors (Lipinski definition) is 1. The van der Waals surface area contributed by atoms with Crippen LogP contribution in [0.25, 0.3) is 0 Å². The summed E-state index contributed by atoms with van der Waals surface area (Å²) in [5.41, 5.74) is 7.39. The smallest absolute Gasteiger partial charge is 0.0627 e. The molecule has 60 valence electrons. The molecule has 0 saturated heterocycles. The van der Waals surface area contributed by atoms with Crippen LogP contribution in [0, 0.1) is 6.92 Å². The van der Waals surface area contributed by atoms with Crippen LogP contribution in [-0.4, -0.2) is 16.5 Å². The van der Waals surface area contributed by atoms with Gasteiger partial charge in [0.15, 0.2) is 0 Å². The molecule has 1 aromatic rings. The van der Waals surface area contributed by atoms with Crippen molar-refractivity contribution in [3.63, 3.8) is 0 Å². The molecule has 2 N–H and O–H groups in total. The summed E-state index contributed by atoms with van der Waals surface area (Å²) in [7, 11) is 0. The second kappa shape index (κ2) is 3.44. The van der Waals surface area contributed by atoms with Crippen molar-refractivity contribution in [2.75, 3.05) is 6.54 Å². The van der Waals surface area contributed by atoms with E-state index >= 15 is 0 Å². The Bertz CT molecular complexity index is 217. The Morgan fingerprint density at radius 3 is 2.64 bits per heavy atom. The highest BCUT2D eigenvalue weighted by Gasteiger charge is 2.03. The van der Waals surface area contributed by atoms with Crippen molar-refractivity contribution >= 4 is 0 Å². The Morgan fingerprint density at radius 1 is 1.45 bits per heavy atom. The van der Waals surface area contributed by atoms with E-state index in [1.807, 2.05) is 13.8 Å². The second-order valence-electron chi connectivity index (χ2n) is 2.72. The molecule has 0 aliphatic rings. The van der Waals surface area contributed by atoms with E-state index in [4.69, 9.17) is 5.73 Å². The topological polar surface area (TPSA) is 51.8 Å². The summed E-state index contributed by atoms with van der Waals surface area (Å²) in [5.74, 6) is 0.308. The molecule has 0 radical (unpaired) electrons. The van der Waals surface area contributed by atoms with Crippen molar-refractivity contribution in [1.82, 2.24) is 9.97 Å². The molecule has 0 aliphatic heterocycles. The van der Waals surface area contributed by atoms with Gasteiger partial charge in [0, 0.05) is 24.9 Å². The van der Waals surface area contributed by atoms with Crippen molar-refractivity contribution in [2.24, 2.45) is 5.73 Å². The second-order valence-corrected chi connectivity index (χ2v) is 2.72. The van der Waals surface area contributed by atoms with E-state index in [1.165, 1.54) is 0 Å². The largest absolute Gasteiger partial charge is 0.330 e. The minimum Gasteiger partial charge on any atom is -0.330 e. The van der Waals surface area contributed by atoms with Gasteiger partial charge in [0.05, 0.1) is 11.4 Å². The lowest BCUT2D eigenvalue weighted by molar-refractivity contribution is 0.736. The van der Waals surface area contributed by atoms with Gasteiger partial charge in [-0.05, 0) is 6.92 Å². The van der Waals surface area contributed by atoms with Gasteiger partial charge in [-0.15, -0.1) is 0 Å². The summed E-state index contributed by atoms with van der Waals surface area (Å²) in [6, 6.07) is 0. The lowest BCUT2D eigenvalue weighted by Gasteiger charge is -2.05. The average Bonchev–Trinajstić information content (AvgIpc) is 2.05. The summed E-state index contributed by atoms with van der Waals surface area (Å²) < 4.78 is 0. The fourth-order valence-corrected chi connectivity index (χ4v) is 0.778. The number of hydrogen-bond acceptors (Lipinski definition) is 3. The first kappa shape index (κ1) is 8.14. The molecule has 0 saturated carbocycles. The van der Waals surface area contributed by atoms with Crippen LogP contribution in [0.15, 0.2) is 12.4 Å². The quantitative estimate of drug-likeness (QED) is 0.681. The molecule has 11 heavy (non-hydrogen) atoms. The molecule has 0 amide bonds. The standard InChI is InChI=1S/C8H13N3/c1-6(3-9)8-5-10-7(2)4-11-8/h4-6H,3,9H2,1-2H3. The highest BCUT2D eigenvalue weighted by molar-refractivity contribution is 5.05. The van der Waals surface area contributed by atoms with Crippen molar-refractivity contribution in [2.45, 2.75) is 19.8 Å². The zero-order valence-corrected chi connectivity index (χ0v) is 6.91. The van der Waals surface area contributed by atoms with Gasteiger partial charge in [0.1, 0.15) is 0 Å². The lowest BCUT2D eigenvalue weighted by Crippen LogP contribution is -2.10. The van der Waals surface area contributed by atoms with E-state index < -0.39 is 0 Å². The lowest BCUT2D eigenvalue weighted by atomic mass is 10.1. The molecule has 1 aromatic heterocycles. The SMILES string of the molecule is Cc1cnc(C(C)CN)cn1. The van der Waals surface area contributed by atoms with Crippen molar-refractivity contribution < 1.29 is 0 Å². The van der Waals surface area contributed by atoms with Gasteiger partial charge < -0.3 is 5.73 Å². The Hall–Kier alpha value is -0.960. The molecule has 1 rings (SSSR count). The van der Waals surface area contributed by atoms with Crippen LogP contribution in [0.5, 0.6) is 0 Å². The highest BCUT2D eigenvalue weighted by atomic mass is 14.8. The first-order chi connectivity index (χ1) is 5.24. The predicted molar refractivity (Wildman–Crippen MR) is 44.2 cm³/mol. The van der Waals surface area contributed by atoms with Crippen molar-refractivity contribution in [3.8, 4) is 0 Å². The summed E-state index contributed by atoms with van der Waals surface area (Å²) in [6.45, 7) is 4.58. The number of aryl methyl sites for hydroxylation is 1. The van der Waals surface area contributed by atoms with E-state index in [1.54, 1.807) is 12.4 Å². The van der Waals surface area contributed by atoms with E-state index in [2.05, 4.69) is 9.97 Å². The fourth-order valence-electron chi connectivity index (χ4n) is 0.778. The summed E-state index contributed by atoms with van der Waals surface area (Å²) in [4.78, 5) is 8.34. The maximum atomic E-state index is 5.47. The Balaban J connectivity index is 2.81. The predicted octanol–water partition coefficient (Wildman–Crippen LogP) is 0.847. The molecular weight excluding hydrogens is 138 g/mol. The normalized spacial score (nSPS) is 13.0. The third kappa shape index (κ3) is 1.98. The van der Waals surface area contributed by atoms with E-state index in [-0.39, 0.29) is 0 Å². The monoisotopic (exact) mass is 151 g/mol. The maximum Gasteiger partial charge on any atom is 0.0627 e. The molecular formula is C8H13N3. The molecule has 1 heterocycles. The minimum absolute atomic E-state index is 0.308. The Labute approximate surface area is 66.7 Å². The van der Waals surface area contributed by atoms with Crippen LogP contribution in [0.4, 0.5) is 0 Å². The third-order valence-electron chi connectivity index (χ3n) is 1.66. The van der Waals surface area contributed by atoms with Crippen molar-refractivity contribution in [3.05, 3.63) is 23.8 Å². The molecule has 3 nitrogen and oxygen atoms in total. The molecule has 1 atom stereocenters. The van der Waals surface area contributed by atoms with Gasteiger partial charge >= 0.3 is 0 Å². The molecule has 0 spiro atoms. The summed E-state index contributed by atoms with van der Waals surface area (Å²) >= 11 is 0. The summed E-state index contributed by atoms with van der Waals surface area (Å²) in [6.07, 6.45) is 3.55. The van der Waals surface area contributed by atoms with E-state index in [0.717, 1.165) is 11.4 Å².